The van der Waals surface area contributed by atoms with E-state index in [1.807, 2.05) is 42.5 Å². The van der Waals surface area contributed by atoms with Gasteiger partial charge in [0, 0.05) is 12.4 Å². The van der Waals surface area contributed by atoms with Gasteiger partial charge >= 0.3 is 0 Å². The minimum absolute atomic E-state index is 0.0459. The van der Waals surface area contributed by atoms with Crippen LogP contribution in [0.15, 0.2) is 55.1 Å². The smallest absolute Gasteiger partial charge is 0.255 e. The SMILES string of the molecule is C=CCCOC(C)C(=O)N(C)c1cccc2ccccc12. The Morgan fingerprint density at radius 1 is 1.29 bits per heavy atom. The van der Waals surface area contributed by atoms with Crippen LogP contribution >= 0.6 is 0 Å². The summed E-state index contributed by atoms with van der Waals surface area (Å²) in [6.45, 7) is 5.94. The molecule has 1 unspecified atom stereocenters. The number of benzene rings is 2. The van der Waals surface area contributed by atoms with Gasteiger partial charge in [0.05, 0.1) is 12.3 Å². The Morgan fingerprint density at radius 2 is 2.00 bits per heavy atom. The third kappa shape index (κ3) is 3.50. The van der Waals surface area contributed by atoms with Crippen molar-refractivity contribution in [1.82, 2.24) is 0 Å². The average molecular weight is 283 g/mol. The lowest BCUT2D eigenvalue weighted by Crippen LogP contribution is -2.36. The zero-order valence-electron chi connectivity index (χ0n) is 12.6. The van der Waals surface area contributed by atoms with Gasteiger partial charge in [-0.15, -0.1) is 6.58 Å². The van der Waals surface area contributed by atoms with E-state index in [4.69, 9.17) is 4.74 Å². The molecule has 3 heteroatoms. The maximum absolute atomic E-state index is 12.5. The molecule has 0 fully saturated rings. The van der Waals surface area contributed by atoms with Crippen molar-refractivity contribution in [3.05, 3.63) is 55.1 Å². The van der Waals surface area contributed by atoms with Crippen LogP contribution in [0.3, 0.4) is 0 Å². The first-order valence-electron chi connectivity index (χ1n) is 7.13. The number of hydrogen-bond acceptors (Lipinski definition) is 2. The van der Waals surface area contributed by atoms with Crippen molar-refractivity contribution in [1.29, 1.82) is 0 Å². The quantitative estimate of drug-likeness (QED) is 0.596. The van der Waals surface area contributed by atoms with Gasteiger partial charge in [-0.3, -0.25) is 4.79 Å². The van der Waals surface area contributed by atoms with Crippen molar-refractivity contribution in [3.63, 3.8) is 0 Å². The number of nitrogens with zero attached hydrogens (tertiary/aromatic N) is 1. The van der Waals surface area contributed by atoms with Crippen LogP contribution < -0.4 is 4.90 Å². The van der Waals surface area contributed by atoms with Crippen LogP contribution in [0.4, 0.5) is 5.69 Å². The Bertz CT molecular complexity index is 631. The summed E-state index contributed by atoms with van der Waals surface area (Å²) >= 11 is 0. The first-order valence-corrected chi connectivity index (χ1v) is 7.13. The normalized spacial score (nSPS) is 12.1. The minimum atomic E-state index is -0.464. The van der Waals surface area contributed by atoms with E-state index < -0.39 is 6.10 Å². The fourth-order valence-electron chi connectivity index (χ4n) is 2.29. The molecular formula is C18H21NO2. The fourth-order valence-corrected chi connectivity index (χ4v) is 2.29. The second-order valence-corrected chi connectivity index (χ2v) is 4.99. The minimum Gasteiger partial charge on any atom is -0.368 e. The van der Waals surface area contributed by atoms with Gasteiger partial charge in [-0.25, -0.2) is 0 Å². The number of amides is 1. The number of rotatable bonds is 6. The van der Waals surface area contributed by atoms with Crippen LogP contribution in [0.25, 0.3) is 10.8 Å². The van der Waals surface area contributed by atoms with Crippen LogP contribution in [0.2, 0.25) is 0 Å². The Morgan fingerprint density at radius 3 is 2.76 bits per heavy atom. The summed E-state index contributed by atoms with van der Waals surface area (Å²) in [4.78, 5) is 14.1. The predicted molar refractivity (Wildman–Crippen MR) is 87.6 cm³/mol. The molecule has 2 rings (SSSR count). The Labute approximate surface area is 125 Å². The molecule has 0 heterocycles. The van der Waals surface area contributed by atoms with E-state index in [1.165, 1.54) is 0 Å². The van der Waals surface area contributed by atoms with E-state index in [9.17, 15) is 4.79 Å². The summed E-state index contributed by atoms with van der Waals surface area (Å²) in [5, 5.41) is 2.18. The summed E-state index contributed by atoms with van der Waals surface area (Å²) < 4.78 is 5.54. The molecule has 0 aliphatic carbocycles. The van der Waals surface area contributed by atoms with Crippen molar-refractivity contribution >= 4 is 22.4 Å². The highest BCUT2D eigenvalue weighted by atomic mass is 16.5. The lowest BCUT2D eigenvalue weighted by atomic mass is 10.1. The Kier molecular flexibility index (Phi) is 5.12. The molecule has 0 aromatic heterocycles. The molecule has 0 saturated heterocycles. The van der Waals surface area contributed by atoms with Gasteiger partial charge in [0.25, 0.3) is 5.91 Å². The second kappa shape index (κ2) is 7.04. The zero-order chi connectivity index (χ0) is 15.2. The maximum Gasteiger partial charge on any atom is 0.255 e. The third-order valence-corrected chi connectivity index (χ3v) is 3.50. The Balaban J connectivity index is 2.19. The van der Waals surface area contributed by atoms with Crippen molar-refractivity contribution in [2.75, 3.05) is 18.6 Å². The van der Waals surface area contributed by atoms with Gasteiger partial charge in [0.1, 0.15) is 6.10 Å². The summed E-state index contributed by atoms with van der Waals surface area (Å²) in [7, 11) is 1.79. The number of carbonyl (C=O) groups excluding carboxylic acids is 1. The number of fused-ring (bicyclic) bond motifs is 1. The van der Waals surface area contributed by atoms with Gasteiger partial charge in [0.15, 0.2) is 0 Å². The van der Waals surface area contributed by atoms with Crippen LogP contribution in [0, 0.1) is 0 Å². The van der Waals surface area contributed by atoms with Crippen LogP contribution in [0.1, 0.15) is 13.3 Å². The summed E-state index contributed by atoms with van der Waals surface area (Å²) in [5.74, 6) is -0.0459. The van der Waals surface area contributed by atoms with Crippen LogP contribution in [0.5, 0.6) is 0 Å². The summed E-state index contributed by atoms with van der Waals surface area (Å²) in [5.41, 5.74) is 0.900. The largest absolute Gasteiger partial charge is 0.368 e. The molecule has 0 aliphatic heterocycles. The highest BCUT2D eigenvalue weighted by molar-refractivity contribution is 6.04. The molecule has 2 aromatic carbocycles. The highest BCUT2D eigenvalue weighted by Crippen LogP contribution is 2.26. The van der Waals surface area contributed by atoms with Gasteiger partial charge < -0.3 is 9.64 Å². The van der Waals surface area contributed by atoms with E-state index >= 15 is 0 Å². The fraction of sp³-hybridized carbons (Fsp3) is 0.278. The van der Waals surface area contributed by atoms with E-state index in [1.54, 1.807) is 24.9 Å². The van der Waals surface area contributed by atoms with Crippen LogP contribution in [-0.2, 0) is 9.53 Å². The monoisotopic (exact) mass is 283 g/mol. The first kappa shape index (κ1) is 15.3. The third-order valence-electron chi connectivity index (χ3n) is 3.50. The number of likely N-dealkylation sites (N-methyl/N-ethyl adjacent to an activating group) is 1. The molecule has 21 heavy (non-hydrogen) atoms. The average Bonchev–Trinajstić information content (AvgIpc) is 2.53. The zero-order valence-corrected chi connectivity index (χ0v) is 12.6. The summed E-state index contributed by atoms with van der Waals surface area (Å²) in [6.07, 6.45) is 2.07. The molecule has 110 valence electrons. The van der Waals surface area contributed by atoms with Gasteiger partial charge in [-0.05, 0) is 24.8 Å². The number of carbonyl (C=O) groups is 1. The summed E-state index contributed by atoms with van der Waals surface area (Å²) in [6, 6.07) is 14.0. The maximum atomic E-state index is 12.5. The molecule has 0 radical (unpaired) electrons. The Hall–Kier alpha value is -2.13. The van der Waals surface area contributed by atoms with E-state index in [-0.39, 0.29) is 5.91 Å². The van der Waals surface area contributed by atoms with Crippen molar-refractivity contribution in [2.24, 2.45) is 0 Å². The second-order valence-electron chi connectivity index (χ2n) is 4.99. The standard InChI is InChI=1S/C18H21NO2/c1-4-5-13-21-14(2)18(20)19(3)17-12-8-10-15-9-6-7-11-16(15)17/h4,6-12,14H,1,5,13H2,2-3H3. The molecule has 0 aliphatic rings. The molecule has 2 aromatic rings. The van der Waals surface area contributed by atoms with Crippen molar-refractivity contribution in [3.8, 4) is 0 Å². The molecular weight excluding hydrogens is 262 g/mol. The lowest BCUT2D eigenvalue weighted by Gasteiger charge is -2.23. The predicted octanol–water partition coefficient (Wildman–Crippen LogP) is 3.78. The molecule has 1 atom stereocenters. The topological polar surface area (TPSA) is 29.5 Å². The molecule has 3 nitrogen and oxygen atoms in total. The van der Waals surface area contributed by atoms with Gasteiger partial charge in [0.2, 0.25) is 0 Å². The highest BCUT2D eigenvalue weighted by Gasteiger charge is 2.20. The van der Waals surface area contributed by atoms with Gasteiger partial charge in [-0.1, -0.05) is 42.5 Å². The van der Waals surface area contributed by atoms with Crippen molar-refractivity contribution in [2.45, 2.75) is 19.4 Å². The molecule has 0 saturated carbocycles. The van der Waals surface area contributed by atoms with E-state index in [2.05, 4.69) is 6.58 Å². The number of anilines is 1. The number of hydrogen-bond donors (Lipinski definition) is 0. The molecule has 0 bridgehead atoms. The molecule has 0 spiro atoms. The van der Waals surface area contributed by atoms with E-state index in [0.29, 0.717) is 6.61 Å². The van der Waals surface area contributed by atoms with Gasteiger partial charge in [-0.2, -0.15) is 0 Å². The van der Waals surface area contributed by atoms with Crippen LogP contribution in [-0.4, -0.2) is 25.7 Å². The number of ether oxygens (including phenoxy) is 1. The molecule has 1 amide bonds. The van der Waals surface area contributed by atoms with E-state index in [0.717, 1.165) is 22.9 Å². The lowest BCUT2D eigenvalue weighted by molar-refractivity contribution is -0.128. The molecule has 0 N–H and O–H groups in total. The van der Waals surface area contributed by atoms with Crippen molar-refractivity contribution < 1.29 is 9.53 Å². The first-order chi connectivity index (χ1) is 10.1.